The molecule has 0 radical (unpaired) electrons. The summed E-state index contributed by atoms with van der Waals surface area (Å²) in [6.45, 7) is 1.82. The van der Waals surface area contributed by atoms with Gasteiger partial charge in [0.05, 0.1) is 11.2 Å². The van der Waals surface area contributed by atoms with Crippen molar-refractivity contribution < 1.29 is 14.0 Å². The average Bonchev–Trinajstić information content (AvgIpc) is 3.20. The predicted octanol–water partition coefficient (Wildman–Crippen LogP) is 4.25. The van der Waals surface area contributed by atoms with Gasteiger partial charge in [0.15, 0.2) is 5.76 Å². The van der Waals surface area contributed by atoms with Crippen molar-refractivity contribution in [1.82, 2.24) is 15.4 Å². The number of hydrogen-bond acceptors (Lipinski definition) is 6. The van der Waals surface area contributed by atoms with E-state index in [0.717, 1.165) is 22.9 Å². The number of nitrogens with zero attached hydrogens (tertiary/aromatic N) is 3. The predicted molar refractivity (Wildman–Crippen MR) is 124 cm³/mol. The van der Waals surface area contributed by atoms with E-state index >= 15 is 0 Å². The van der Waals surface area contributed by atoms with Crippen LogP contribution >= 0.6 is 0 Å². The number of anilines is 1. The second kappa shape index (κ2) is 8.66. The van der Waals surface area contributed by atoms with Gasteiger partial charge in [-0.2, -0.15) is 5.10 Å². The Bertz CT molecular complexity index is 1390. The highest BCUT2D eigenvalue weighted by atomic mass is 16.4. The highest BCUT2D eigenvalue weighted by Crippen LogP contribution is 2.30. The normalized spacial score (nSPS) is 14.2. The zero-order chi connectivity index (χ0) is 22.8. The molecule has 3 heterocycles. The van der Waals surface area contributed by atoms with Crippen molar-refractivity contribution in [1.29, 1.82) is 0 Å². The molecule has 0 saturated carbocycles. The van der Waals surface area contributed by atoms with Gasteiger partial charge in [0.25, 0.3) is 11.8 Å². The van der Waals surface area contributed by atoms with Gasteiger partial charge in [0, 0.05) is 29.1 Å². The minimum atomic E-state index is -0.394. The zero-order valence-electron chi connectivity index (χ0n) is 18.0. The lowest BCUT2D eigenvalue weighted by Gasteiger charge is -2.13. The van der Waals surface area contributed by atoms with Crippen molar-refractivity contribution in [3.05, 3.63) is 89.1 Å². The lowest BCUT2D eigenvalue weighted by Crippen LogP contribution is -2.23. The van der Waals surface area contributed by atoms with Gasteiger partial charge in [0.2, 0.25) is 0 Å². The molecule has 0 aliphatic heterocycles. The maximum atomic E-state index is 12.8. The number of furan rings is 1. The first-order chi connectivity index (χ1) is 16.1. The van der Waals surface area contributed by atoms with E-state index in [-0.39, 0.29) is 17.4 Å². The molecule has 3 aromatic heterocycles. The molecule has 2 amide bonds. The molecule has 164 valence electrons. The molecule has 4 aromatic rings. The smallest absolute Gasteiger partial charge is 0.292 e. The van der Waals surface area contributed by atoms with Crippen LogP contribution in [0.5, 0.6) is 0 Å². The van der Waals surface area contributed by atoms with Gasteiger partial charge >= 0.3 is 0 Å². The van der Waals surface area contributed by atoms with Gasteiger partial charge in [-0.25, -0.2) is 15.4 Å². The Balaban J connectivity index is 1.38. The molecule has 0 unspecified atom stereocenters. The minimum absolute atomic E-state index is 0.225. The van der Waals surface area contributed by atoms with E-state index in [1.165, 1.54) is 0 Å². The largest absolute Gasteiger partial charge is 0.455 e. The third-order valence-electron chi connectivity index (χ3n) is 5.56. The summed E-state index contributed by atoms with van der Waals surface area (Å²) in [5, 5.41) is 8.08. The number of benzene rings is 1. The summed E-state index contributed by atoms with van der Waals surface area (Å²) < 4.78 is 5.90. The summed E-state index contributed by atoms with van der Waals surface area (Å²) in [5.41, 5.74) is 5.79. The minimum Gasteiger partial charge on any atom is -0.455 e. The summed E-state index contributed by atoms with van der Waals surface area (Å²) in [6.07, 6.45) is 3.78. The second-order valence-corrected chi connectivity index (χ2v) is 7.77. The Kier molecular flexibility index (Phi) is 5.40. The van der Waals surface area contributed by atoms with E-state index in [2.05, 4.69) is 25.8 Å². The van der Waals surface area contributed by atoms with Crippen molar-refractivity contribution in [2.45, 2.75) is 26.2 Å². The number of hydrogen-bond donors (Lipinski definition) is 2. The SMILES string of the molecule is Cc1c(C(=O)Nc2ccccn2)oc2c1/C(=N/NC(=O)c1ccc3ccccc3n1)CCC2. The van der Waals surface area contributed by atoms with Crippen molar-refractivity contribution in [2.75, 3.05) is 5.32 Å². The molecule has 33 heavy (non-hydrogen) atoms. The number of carbonyl (C=O) groups excluding carboxylic acids is 2. The first kappa shape index (κ1) is 20.6. The highest BCUT2D eigenvalue weighted by Gasteiger charge is 2.28. The maximum absolute atomic E-state index is 12.8. The van der Waals surface area contributed by atoms with Gasteiger partial charge < -0.3 is 9.73 Å². The van der Waals surface area contributed by atoms with Crippen molar-refractivity contribution in [3.8, 4) is 0 Å². The highest BCUT2D eigenvalue weighted by molar-refractivity contribution is 6.09. The molecular formula is C25H21N5O3. The Hall–Kier alpha value is -4.33. The molecule has 0 atom stereocenters. The van der Waals surface area contributed by atoms with Crippen molar-refractivity contribution in [2.24, 2.45) is 5.10 Å². The van der Waals surface area contributed by atoms with Crippen LogP contribution in [0.1, 0.15) is 50.8 Å². The van der Waals surface area contributed by atoms with Crippen LogP contribution in [0.15, 0.2) is 70.3 Å². The summed E-state index contributed by atoms with van der Waals surface area (Å²) in [5.74, 6) is 0.601. The van der Waals surface area contributed by atoms with Crippen LogP contribution in [-0.4, -0.2) is 27.5 Å². The number of aryl methyl sites for hydroxylation is 1. The van der Waals surface area contributed by atoms with E-state index in [1.807, 2.05) is 37.3 Å². The lowest BCUT2D eigenvalue weighted by atomic mass is 9.93. The molecule has 5 rings (SSSR count). The first-order valence-corrected chi connectivity index (χ1v) is 10.7. The number of amides is 2. The summed E-state index contributed by atoms with van der Waals surface area (Å²) in [4.78, 5) is 34.0. The fourth-order valence-corrected chi connectivity index (χ4v) is 3.97. The molecule has 1 aliphatic rings. The lowest BCUT2D eigenvalue weighted by molar-refractivity contribution is 0.0949. The Labute approximate surface area is 189 Å². The van der Waals surface area contributed by atoms with E-state index in [9.17, 15) is 9.59 Å². The number of nitrogens with one attached hydrogen (secondary N) is 2. The number of rotatable bonds is 4. The fraction of sp³-hybridized carbons (Fsp3) is 0.160. The van der Waals surface area contributed by atoms with E-state index in [1.54, 1.807) is 30.5 Å². The van der Waals surface area contributed by atoms with E-state index in [4.69, 9.17) is 4.42 Å². The van der Waals surface area contributed by atoms with Crippen LogP contribution in [0.25, 0.3) is 10.9 Å². The third-order valence-corrected chi connectivity index (χ3v) is 5.56. The van der Waals surface area contributed by atoms with E-state index in [0.29, 0.717) is 35.7 Å². The molecular weight excluding hydrogens is 418 g/mol. The standard InChI is InChI=1S/C25H21N5O3/c1-15-22-18(29-30-24(31)19-13-12-16-7-2-3-8-17(16)27-19)9-6-10-20(22)33-23(15)25(32)28-21-11-4-5-14-26-21/h2-5,7-8,11-14H,6,9-10H2,1H3,(H,30,31)(H,26,28,32)/b29-18+. The zero-order valence-corrected chi connectivity index (χ0v) is 18.0. The van der Waals surface area contributed by atoms with E-state index < -0.39 is 5.91 Å². The number of fused-ring (bicyclic) bond motifs is 2. The number of carbonyl (C=O) groups is 2. The van der Waals surface area contributed by atoms with Crippen LogP contribution in [-0.2, 0) is 6.42 Å². The third kappa shape index (κ3) is 4.10. The second-order valence-electron chi connectivity index (χ2n) is 7.77. The van der Waals surface area contributed by atoms with Gasteiger partial charge in [-0.1, -0.05) is 30.3 Å². The van der Waals surface area contributed by atoms with Gasteiger partial charge in [-0.15, -0.1) is 0 Å². The topological polar surface area (TPSA) is 109 Å². The fourth-order valence-electron chi connectivity index (χ4n) is 3.97. The molecule has 0 saturated heterocycles. The molecule has 1 aliphatic carbocycles. The van der Waals surface area contributed by atoms with Crippen LogP contribution in [0.3, 0.4) is 0 Å². The van der Waals surface area contributed by atoms with Gasteiger partial charge in [-0.3, -0.25) is 9.59 Å². The molecule has 0 spiro atoms. The van der Waals surface area contributed by atoms with Crippen molar-refractivity contribution in [3.63, 3.8) is 0 Å². The summed E-state index contributed by atoms with van der Waals surface area (Å²) in [7, 11) is 0. The van der Waals surface area contributed by atoms with Crippen LogP contribution in [0.4, 0.5) is 5.82 Å². The molecule has 8 nitrogen and oxygen atoms in total. The summed E-state index contributed by atoms with van der Waals surface area (Å²) >= 11 is 0. The van der Waals surface area contributed by atoms with Gasteiger partial charge in [0.1, 0.15) is 17.3 Å². The van der Waals surface area contributed by atoms with Gasteiger partial charge in [-0.05, 0) is 44.0 Å². The van der Waals surface area contributed by atoms with Crippen LogP contribution < -0.4 is 10.7 Å². The number of hydrazone groups is 1. The Morgan fingerprint density at radius 3 is 2.70 bits per heavy atom. The average molecular weight is 439 g/mol. The van der Waals surface area contributed by atoms with Crippen LogP contribution in [0, 0.1) is 6.92 Å². The Morgan fingerprint density at radius 2 is 1.85 bits per heavy atom. The molecule has 1 aromatic carbocycles. The number of aromatic nitrogens is 2. The van der Waals surface area contributed by atoms with Crippen LogP contribution in [0.2, 0.25) is 0 Å². The number of pyridine rings is 2. The molecule has 2 N–H and O–H groups in total. The first-order valence-electron chi connectivity index (χ1n) is 10.7. The molecule has 0 fully saturated rings. The molecule has 8 heteroatoms. The van der Waals surface area contributed by atoms with Crippen molar-refractivity contribution >= 4 is 34.2 Å². The summed E-state index contributed by atoms with van der Waals surface area (Å²) in [6, 6.07) is 16.4. The maximum Gasteiger partial charge on any atom is 0.292 e. The Morgan fingerprint density at radius 1 is 1.00 bits per heavy atom. The quantitative estimate of drug-likeness (QED) is 0.462. The molecule has 0 bridgehead atoms. The monoisotopic (exact) mass is 439 g/mol. The number of para-hydroxylation sites is 1.